The van der Waals surface area contributed by atoms with Gasteiger partial charge in [-0.05, 0) is 31.3 Å². The Morgan fingerprint density at radius 2 is 2.17 bits per heavy atom. The number of pyridine rings is 1. The summed E-state index contributed by atoms with van der Waals surface area (Å²) in [4.78, 5) is 17.5. The monoisotopic (exact) mass is 245 g/mol. The first-order valence-electron chi connectivity index (χ1n) is 5.65. The van der Waals surface area contributed by atoms with Crippen LogP contribution in [0.15, 0.2) is 47.3 Å². The Morgan fingerprint density at radius 3 is 2.83 bits per heavy atom. The Labute approximate surface area is 105 Å². The molecule has 1 N–H and O–H groups in total. The lowest BCUT2D eigenvalue weighted by molar-refractivity contribution is -0.117. The second kappa shape index (κ2) is 5.97. The lowest BCUT2D eigenvalue weighted by atomic mass is 10.3. The Kier molecular flexibility index (Phi) is 4.09. The van der Waals surface area contributed by atoms with Crippen molar-refractivity contribution >= 4 is 11.6 Å². The molecule has 0 atom stereocenters. The van der Waals surface area contributed by atoms with Crippen molar-refractivity contribution in [3.63, 3.8) is 0 Å². The summed E-state index contributed by atoms with van der Waals surface area (Å²) in [6.07, 6.45) is 4.91. The fourth-order valence-electron chi connectivity index (χ4n) is 1.61. The van der Waals surface area contributed by atoms with Crippen molar-refractivity contribution in [2.45, 2.75) is 6.54 Å². The molecule has 0 aliphatic carbocycles. The van der Waals surface area contributed by atoms with Crippen molar-refractivity contribution in [2.24, 2.45) is 0 Å². The Morgan fingerprint density at radius 1 is 1.39 bits per heavy atom. The minimum Gasteiger partial charge on any atom is -0.468 e. The van der Waals surface area contributed by atoms with Crippen LogP contribution in [-0.4, -0.2) is 29.4 Å². The van der Waals surface area contributed by atoms with Crippen LogP contribution in [-0.2, 0) is 11.3 Å². The van der Waals surface area contributed by atoms with Gasteiger partial charge in [-0.25, -0.2) is 0 Å². The predicted octanol–water partition coefficient (Wildman–Crippen LogP) is 1.75. The van der Waals surface area contributed by atoms with Gasteiger partial charge in [-0.15, -0.1) is 0 Å². The summed E-state index contributed by atoms with van der Waals surface area (Å²) >= 11 is 0. The van der Waals surface area contributed by atoms with Crippen LogP contribution in [0.2, 0.25) is 0 Å². The quantitative estimate of drug-likeness (QED) is 0.871. The molecule has 2 aromatic rings. The van der Waals surface area contributed by atoms with Crippen LogP contribution in [0.1, 0.15) is 5.76 Å². The van der Waals surface area contributed by atoms with Crippen molar-refractivity contribution in [3.05, 3.63) is 48.7 Å². The van der Waals surface area contributed by atoms with Crippen LogP contribution >= 0.6 is 0 Å². The summed E-state index contributed by atoms with van der Waals surface area (Å²) in [5.74, 6) is 0.782. The minimum atomic E-state index is -0.0599. The molecule has 0 saturated heterocycles. The third-order valence-corrected chi connectivity index (χ3v) is 2.38. The number of carbonyl (C=O) groups is 1. The third-order valence-electron chi connectivity index (χ3n) is 2.38. The van der Waals surface area contributed by atoms with E-state index in [0.29, 0.717) is 13.1 Å². The highest BCUT2D eigenvalue weighted by molar-refractivity contribution is 5.92. The second-order valence-electron chi connectivity index (χ2n) is 4.04. The van der Waals surface area contributed by atoms with Crippen LogP contribution in [0.25, 0.3) is 0 Å². The number of anilines is 1. The average Bonchev–Trinajstić information content (AvgIpc) is 2.82. The number of furan rings is 1. The van der Waals surface area contributed by atoms with Gasteiger partial charge in [0, 0.05) is 18.1 Å². The minimum absolute atomic E-state index is 0.0599. The number of nitrogens with one attached hydrogen (secondary N) is 1. The molecule has 0 aromatic carbocycles. The maximum absolute atomic E-state index is 11.7. The molecule has 2 rings (SSSR count). The summed E-state index contributed by atoms with van der Waals surface area (Å²) < 4.78 is 5.22. The molecule has 1 amide bonds. The number of carbonyl (C=O) groups excluding carboxylic acids is 1. The molecule has 18 heavy (non-hydrogen) atoms. The fraction of sp³-hybridized carbons (Fsp3) is 0.231. The number of nitrogens with zero attached hydrogens (tertiary/aromatic N) is 2. The SMILES string of the molecule is CN(CC(=O)Nc1ccncc1)Cc1ccco1. The predicted molar refractivity (Wildman–Crippen MR) is 67.9 cm³/mol. The summed E-state index contributed by atoms with van der Waals surface area (Å²) in [6.45, 7) is 0.916. The number of hydrogen-bond donors (Lipinski definition) is 1. The van der Waals surface area contributed by atoms with Crippen molar-refractivity contribution in [1.82, 2.24) is 9.88 Å². The number of amides is 1. The third kappa shape index (κ3) is 3.71. The van der Waals surface area contributed by atoms with Crippen LogP contribution < -0.4 is 5.32 Å². The molecule has 2 heterocycles. The number of hydrogen-bond acceptors (Lipinski definition) is 4. The molecule has 0 bridgehead atoms. The van der Waals surface area contributed by atoms with Gasteiger partial charge in [0.15, 0.2) is 0 Å². The first kappa shape index (κ1) is 12.3. The lowest BCUT2D eigenvalue weighted by Crippen LogP contribution is -2.29. The van der Waals surface area contributed by atoms with Crippen LogP contribution in [0.4, 0.5) is 5.69 Å². The van der Waals surface area contributed by atoms with Gasteiger partial charge in [0.2, 0.25) is 5.91 Å². The number of aromatic nitrogens is 1. The molecule has 0 saturated carbocycles. The van der Waals surface area contributed by atoms with Crippen molar-refractivity contribution in [2.75, 3.05) is 18.9 Å². The summed E-state index contributed by atoms with van der Waals surface area (Å²) in [7, 11) is 1.87. The summed E-state index contributed by atoms with van der Waals surface area (Å²) in [5, 5.41) is 2.80. The molecule has 0 fully saturated rings. The number of likely N-dealkylation sites (N-methyl/N-ethyl adjacent to an activating group) is 1. The molecule has 0 unspecified atom stereocenters. The highest BCUT2D eigenvalue weighted by Crippen LogP contribution is 2.05. The topological polar surface area (TPSA) is 58.4 Å². The van der Waals surface area contributed by atoms with Gasteiger partial charge >= 0.3 is 0 Å². The smallest absolute Gasteiger partial charge is 0.238 e. The molecule has 0 spiro atoms. The second-order valence-corrected chi connectivity index (χ2v) is 4.04. The average molecular weight is 245 g/mol. The van der Waals surface area contributed by atoms with E-state index in [9.17, 15) is 4.79 Å². The molecule has 94 valence electrons. The highest BCUT2D eigenvalue weighted by atomic mass is 16.3. The molecule has 5 nitrogen and oxygen atoms in total. The zero-order valence-electron chi connectivity index (χ0n) is 10.2. The van der Waals surface area contributed by atoms with Gasteiger partial charge in [0.25, 0.3) is 0 Å². The molecular formula is C13H15N3O2. The zero-order chi connectivity index (χ0) is 12.8. The highest BCUT2D eigenvalue weighted by Gasteiger charge is 2.08. The van der Waals surface area contributed by atoms with Gasteiger partial charge in [-0.1, -0.05) is 0 Å². The Hall–Kier alpha value is -2.14. The van der Waals surface area contributed by atoms with Crippen molar-refractivity contribution in [3.8, 4) is 0 Å². The van der Waals surface area contributed by atoms with Gasteiger partial charge in [0.1, 0.15) is 5.76 Å². The normalized spacial score (nSPS) is 10.6. The fourth-order valence-corrected chi connectivity index (χ4v) is 1.61. The van der Waals surface area contributed by atoms with E-state index in [1.54, 1.807) is 30.8 Å². The molecule has 0 aliphatic rings. The summed E-state index contributed by atoms with van der Waals surface area (Å²) in [5.41, 5.74) is 0.751. The van der Waals surface area contributed by atoms with Crippen molar-refractivity contribution in [1.29, 1.82) is 0 Å². The van der Waals surface area contributed by atoms with E-state index < -0.39 is 0 Å². The van der Waals surface area contributed by atoms with E-state index in [4.69, 9.17) is 4.42 Å². The molecule has 0 aliphatic heterocycles. The largest absolute Gasteiger partial charge is 0.468 e. The van der Waals surface area contributed by atoms with E-state index in [1.807, 2.05) is 24.1 Å². The van der Waals surface area contributed by atoms with Gasteiger partial charge in [-0.2, -0.15) is 0 Å². The number of rotatable bonds is 5. The van der Waals surface area contributed by atoms with Gasteiger partial charge < -0.3 is 9.73 Å². The lowest BCUT2D eigenvalue weighted by Gasteiger charge is -2.14. The molecular weight excluding hydrogens is 230 g/mol. The molecule has 2 aromatic heterocycles. The van der Waals surface area contributed by atoms with Crippen LogP contribution in [0.3, 0.4) is 0 Å². The maximum Gasteiger partial charge on any atom is 0.238 e. The van der Waals surface area contributed by atoms with Gasteiger partial charge in [0.05, 0.1) is 19.4 Å². The van der Waals surface area contributed by atoms with E-state index in [0.717, 1.165) is 11.4 Å². The molecule has 0 radical (unpaired) electrons. The first-order valence-corrected chi connectivity index (χ1v) is 5.65. The Bertz CT molecular complexity index is 482. The van der Waals surface area contributed by atoms with Gasteiger partial charge in [-0.3, -0.25) is 14.7 Å². The standard InChI is InChI=1S/C13H15N3O2/c1-16(9-12-3-2-8-18-12)10-13(17)15-11-4-6-14-7-5-11/h2-8H,9-10H2,1H3,(H,14,15,17). The first-order chi connectivity index (χ1) is 8.74. The zero-order valence-corrected chi connectivity index (χ0v) is 10.2. The Balaban J connectivity index is 1.80. The van der Waals surface area contributed by atoms with Crippen molar-refractivity contribution < 1.29 is 9.21 Å². The van der Waals surface area contributed by atoms with E-state index in [-0.39, 0.29) is 5.91 Å². The van der Waals surface area contributed by atoms with Crippen LogP contribution in [0, 0.1) is 0 Å². The van der Waals surface area contributed by atoms with E-state index in [1.165, 1.54) is 0 Å². The maximum atomic E-state index is 11.7. The summed E-state index contributed by atoms with van der Waals surface area (Å²) in [6, 6.07) is 7.23. The van der Waals surface area contributed by atoms with E-state index >= 15 is 0 Å². The van der Waals surface area contributed by atoms with E-state index in [2.05, 4.69) is 10.3 Å². The molecule has 5 heteroatoms. The van der Waals surface area contributed by atoms with Crippen LogP contribution in [0.5, 0.6) is 0 Å².